The summed E-state index contributed by atoms with van der Waals surface area (Å²) in [5.41, 5.74) is 0.462. The monoisotopic (exact) mass is 282 g/mol. The number of rotatable bonds is 9. The molecular weight excluding hydrogens is 248 g/mol. The van der Waals surface area contributed by atoms with Crippen LogP contribution in [0.15, 0.2) is 0 Å². The Balaban J connectivity index is 1.95. The molecule has 118 valence electrons. The Bertz CT molecular complexity index is 258. The van der Waals surface area contributed by atoms with Gasteiger partial charge in [0.15, 0.2) is 0 Å². The molecule has 0 atom stereocenters. The summed E-state index contributed by atoms with van der Waals surface area (Å²) >= 11 is 0. The maximum Gasteiger partial charge on any atom is 0.0558 e. The van der Waals surface area contributed by atoms with Gasteiger partial charge >= 0.3 is 0 Å². The molecule has 0 saturated heterocycles. The van der Waals surface area contributed by atoms with E-state index in [0.29, 0.717) is 12.0 Å². The number of aliphatic hydroxyl groups is 1. The van der Waals surface area contributed by atoms with Crippen molar-refractivity contribution in [2.24, 2.45) is 5.41 Å². The van der Waals surface area contributed by atoms with E-state index in [-0.39, 0.29) is 0 Å². The predicted molar refractivity (Wildman–Crippen MR) is 85.0 cm³/mol. The fourth-order valence-electron chi connectivity index (χ4n) is 3.79. The molecule has 0 radical (unpaired) electrons. The molecule has 2 N–H and O–H groups in total. The Morgan fingerprint density at radius 1 is 1.15 bits per heavy atom. The first-order valence-corrected chi connectivity index (χ1v) is 8.85. The van der Waals surface area contributed by atoms with Crippen molar-refractivity contribution >= 4 is 0 Å². The third-order valence-corrected chi connectivity index (χ3v) is 5.08. The highest BCUT2D eigenvalue weighted by molar-refractivity contribution is 4.92. The zero-order chi connectivity index (χ0) is 14.3. The summed E-state index contributed by atoms with van der Waals surface area (Å²) < 4.78 is 0. The summed E-state index contributed by atoms with van der Waals surface area (Å²) in [5, 5.41) is 13.0. The quantitative estimate of drug-likeness (QED) is 0.504. The van der Waals surface area contributed by atoms with Gasteiger partial charge in [0, 0.05) is 25.7 Å². The van der Waals surface area contributed by atoms with Gasteiger partial charge < -0.3 is 10.4 Å². The van der Waals surface area contributed by atoms with Crippen molar-refractivity contribution in [3.8, 4) is 0 Å². The van der Waals surface area contributed by atoms with Crippen molar-refractivity contribution in [2.75, 3.05) is 32.8 Å². The Kier molecular flexibility index (Phi) is 6.79. The highest BCUT2D eigenvalue weighted by Crippen LogP contribution is 2.38. The average molecular weight is 282 g/mol. The predicted octanol–water partition coefficient (Wildman–Crippen LogP) is 2.78. The third-order valence-electron chi connectivity index (χ3n) is 5.08. The highest BCUT2D eigenvalue weighted by Gasteiger charge is 2.37. The topological polar surface area (TPSA) is 35.5 Å². The van der Waals surface area contributed by atoms with Crippen LogP contribution in [0.3, 0.4) is 0 Å². The molecule has 20 heavy (non-hydrogen) atoms. The van der Waals surface area contributed by atoms with Gasteiger partial charge in [-0.2, -0.15) is 0 Å². The Hall–Kier alpha value is -0.120. The molecule has 0 spiro atoms. The van der Waals surface area contributed by atoms with Gasteiger partial charge in [-0.15, -0.1) is 0 Å². The second-order valence-corrected chi connectivity index (χ2v) is 7.02. The van der Waals surface area contributed by atoms with Crippen LogP contribution in [0.2, 0.25) is 0 Å². The lowest BCUT2D eigenvalue weighted by Gasteiger charge is -2.38. The normalized spacial score (nSPS) is 22.9. The molecule has 0 aromatic rings. The van der Waals surface area contributed by atoms with Crippen LogP contribution in [0.4, 0.5) is 0 Å². The van der Waals surface area contributed by atoms with Gasteiger partial charge in [0.2, 0.25) is 0 Å². The van der Waals surface area contributed by atoms with Crippen LogP contribution < -0.4 is 5.32 Å². The molecule has 0 heterocycles. The minimum Gasteiger partial charge on any atom is -0.395 e. The molecule has 0 unspecified atom stereocenters. The SMILES string of the molecule is CCCNCC1(CN(CCO)C2CC2)CCCCCC1. The average Bonchev–Trinajstić information content (AvgIpc) is 3.27. The van der Waals surface area contributed by atoms with Crippen LogP contribution in [0.5, 0.6) is 0 Å². The molecule has 3 nitrogen and oxygen atoms in total. The molecular formula is C17H34N2O. The van der Waals surface area contributed by atoms with Crippen LogP contribution in [0, 0.1) is 5.41 Å². The fourth-order valence-corrected chi connectivity index (χ4v) is 3.79. The second-order valence-electron chi connectivity index (χ2n) is 7.02. The molecule has 2 rings (SSSR count). The van der Waals surface area contributed by atoms with Crippen LogP contribution >= 0.6 is 0 Å². The van der Waals surface area contributed by atoms with Gasteiger partial charge in [-0.3, -0.25) is 4.90 Å². The molecule has 3 heteroatoms. The molecule has 0 aliphatic heterocycles. The molecule has 0 bridgehead atoms. The molecule has 2 aliphatic rings. The Morgan fingerprint density at radius 3 is 2.40 bits per heavy atom. The van der Waals surface area contributed by atoms with E-state index in [2.05, 4.69) is 17.1 Å². The van der Waals surface area contributed by atoms with E-state index in [4.69, 9.17) is 0 Å². The maximum atomic E-state index is 9.34. The van der Waals surface area contributed by atoms with E-state index in [1.54, 1.807) is 0 Å². The minimum absolute atomic E-state index is 0.314. The van der Waals surface area contributed by atoms with Crippen LogP contribution in [0.1, 0.15) is 64.7 Å². The summed E-state index contributed by atoms with van der Waals surface area (Å²) in [4.78, 5) is 2.58. The Morgan fingerprint density at radius 2 is 1.85 bits per heavy atom. The molecule has 2 aliphatic carbocycles. The number of aliphatic hydroxyl groups excluding tert-OH is 1. The first kappa shape index (κ1) is 16.3. The van der Waals surface area contributed by atoms with E-state index < -0.39 is 0 Å². The molecule has 2 saturated carbocycles. The first-order valence-electron chi connectivity index (χ1n) is 8.85. The largest absolute Gasteiger partial charge is 0.395 e. The van der Waals surface area contributed by atoms with Gasteiger partial charge in [0.1, 0.15) is 0 Å². The summed E-state index contributed by atoms with van der Waals surface area (Å²) in [6.07, 6.45) is 12.3. The summed E-state index contributed by atoms with van der Waals surface area (Å²) in [5.74, 6) is 0. The lowest BCUT2D eigenvalue weighted by atomic mass is 9.79. The highest BCUT2D eigenvalue weighted by atomic mass is 16.3. The summed E-state index contributed by atoms with van der Waals surface area (Å²) in [6.45, 7) is 6.96. The lowest BCUT2D eigenvalue weighted by molar-refractivity contribution is 0.102. The number of hydrogen-bond donors (Lipinski definition) is 2. The van der Waals surface area contributed by atoms with Crippen LogP contribution in [0.25, 0.3) is 0 Å². The molecule has 0 amide bonds. The van der Waals surface area contributed by atoms with Crippen molar-refractivity contribution < 1.29 is 5.11 Å². The zero-order valence-corrected chi connectivity index (χ0v) is 13.4. The number of hydrogen-bond acceptors (Lipinski definition) is 3. The van der Waals surface area contributed by atoms with Gasteiger partial charge in [-0.1, -0.05) is 32.6 Å². The molecule has 0 aromatic heterocycles. The molecule has 0 aromatic carbocycles. The van der Waals surface area contributed by atoms with Gasteiger partial charge in [0.05, 0.1) is 6.61 Å². The lowest BCUT2D eigenvalue weighted by Crippen LogP contribution is -2.45. The summed E-state index contributed by atoms with van der Waals surface area (Å²) in [7, 11) is 0. The third kappa shape index (κ3) is 5.01. The zero-order valence-electron chi connectivity index (χ0n) is 13.4. The van der Waals surface area contributed by atoms with E-state index in [9.17, 15) is 5.11 Å². The van der Waals surface area contributed by atoms with Crippen molar-refractivity contribution in [1.82, 2.24) is 10.2 Å². The van der Waals surface area contributed by atoms with E-state index in [0.717, 1.165) is 19.1 Å². The van der Waals surface area contributed by atoms with Gasteiger partial charge in [-0.05, 0) is 44.1 Å². The van der Waals surface area contributed by atoms with Gasteiger partial charge in [0.25, 0.3) is 0 Å². The number of nitrogens with zero attached hydrogens (tertiary/aromatic N) is 1. The smallest absolute Gasteiger partial charge is 0.0558 e. The first-order chi connectivity index (χ1) is 9.79. The standard InChI is InChI=1S/C17H34N2O/c1-2-11-18-14-17(9-5-3-4-6-10-17)15-19(12-13-20)16-7-8-16/h16,18,20H,2-15H2,1H3. The van der Waals surface area contributed by atoms with Crippen molar-refractivity contribution in [3.05, 3.63) is 0 Å². The fraction of sp³-hybridized carbons (Fsp3) is 1.00. The summed E-state index contributed by atoms with van der Waals surface area (Å²) in [6, 6.07) is 0.772. The van der Waals surface area contributed by atoms with Crippen LogP contribution in [-0.2, 0) is 0 Å². The maximum absolute atomic E-state index is 9.34. The Labute approximate surface area is 125 Å². The van der Waals surface area contributed by atoms with Crippen molar-refractivity contribution in [3.63, 3.8) is 0 Å². The van der Waals surface area contributed by atoms with Crippen LogP contribution in [-0.4, -0.2) is 48.8 Å². The van der Waals surface area contributed by atoms with E-state index >= 15 is 0 Å². The van der Waals surface area contributed by atoms with E-state index in [1.165, 1.54) is 70.9 Å². The van der Waals surface area contributed by atoms with Crippen molar-refractivity contribution in [2.45, 2.75) is 70.8 Å². The second kappa shape index (κ2) is 8.35. The van der Waals surface area contributed by atoms with E-state index in [1.807, 2.05) is 0 Å². The van der Waals surface area contributed by atoms with Crippen molar-refractivity contribution in [1.29, 1.82) is 0 Å². The molecule has 2 fully saturated rings. The number of nitrogens with one attached hydrogen (secondary N) is 1. The minimum atomic E-state index is 0.314. The van der Waals surface area contributed by atoms with Gasteiger partial charge in [-0.25, -0.2) is 0 Å².